The lowest BCUT2D eigenvalue weighted by molar-refractivity contribution is -0.167. The van der Waals surface area contributed by atoms with Gasteiger partial charge in [0.2, 0.25) is 0 Å². The third-order valence-electron chi connectivity index (χ3n) is 14.9. The van der Waals surface area contributed by atoms with Crippen LogP contribution in [0.15, 0.2) is 0 Å². The van der Waals surface area contributed by atoms with Crippen LogP contribution in [-0.2, 0) is 28.6 Å². The van der Waals surface area contributed by atoms with Gasteiger partial charge in [-0.3, -0.25) is 14.4 Å². The zero-order valence-electron chi connectivity index (χ0n) is 47.8. The molecule has 0 aliphatic rings. The molecular formula is C64H124O6. The molecule has 0 heterocycles. The van der Waals surface area contributed by atoms with Crippen LogP contribution in [0.1, 0.15) is 374 Å². The number of hydrogen-bond donors (Lipinski definition) is 0. The lowest BCUT2D eigenvalue weighted by Gasteiger charge is -2.18. The van der Waals surface area contributed by atoms with Gasteiger partial charge >= 0.3 is 17.9 Å². The fraction of sp³-hybridized carbons (Fsp3) is 0.953. The van der Waals surface area contributed by atoms with Crippen molar-refractivity contribution in [3.63, 3.8) is 0 Å². The molecule has 0 saturated carbocycles. The minimum atomic E-state index is -0.761. The van der Waals surface area contributed by atoms with Gasteiger partial charge in [-0.2, -0.15) is 0 Å². The van der Waals surface area contributed by atoms with E-state index < -0.39 is 6.10 Å². The summed E-state index contributed by atoms with van der Waals surface area (Å²) >= 11 is 0. The van der Waals surface area contributed by atoms with Crippen LogP contribution in [0.3, 0.4) is 0 Å². The lowest BCUT2D eigenvalue weighted by atomic mass is 10.0. The molecule has 1 atom stereocenters. The highest BCUT2D eigenvalue weighted by Gasteiger charge is 2.19. The minimum Gasteiger partial charge on any atom is -0.462 e. The van der Waals surface area contributed by atoms with Gasteiger partial charge in [-0.15, -0.1) is 0 Å². The molecule has 0 amide bonds. The molecular weight excluding hydrogens is 865 g/mol. The summed E-state index contributed by atoms with van der Waals surface area (Å²) in [4.78, 5) is 38.2. The Bertz CT molecular complexity index is 1040. The second kappa shape index (κ2) is 60.0. The first kappa shape index (κ1) is 68.4. The summed E-state index contributed by atoms with van der Waals surface area (Å²) in [5.41, 5.74) is 0. The third kappa shape index (κ3) is 57.3. The van der Waals surface area contributed by atoms with Gasteiger partial charge in [-0.05, 0) is 19.3 Å². The van der Waals surface area contributed by atoms with Crippen molar-refractivity contribution in [2.45, 2.75) is 380 Å². The minimum absolute atomic E-state index is 0.0609. The maximum atomic E-state index is 12.9. The smallest absolute Gasteiger partial charge is 0.306 e. The van der Waals surface area contributed by atoms with Gasteiger partial charge in [0.1, 0.15) is 13.2 Å². The van der Waals surface area contributed by atoms with E-state index >= 15 is 0 Å². The van der Waals surface area contributed by atoms with Crippen LogP contribution >= 0.6 is 0 Å². The molecule has 70 heavy (non-hydrogen) atoms. The van der Waals surface area contributed by atoms with Crippen molar-refractivity contribution in [2.75, 3.05) is 13.2 Å². The molecule has 0 N–H and O–H groups in total. The van der Waals surface area contributed by atoms with Crippen molar-refractivity contribution in [3.8, 4) is 0 Å². The molecule has 0 radical (unpaired) electrons. The Morgan fingerprint density at radius 1 is 0.229 bits per heavy atom. The highest BCUT2D eigenvalue weighted by atomic mass is 16.6. The Morgan fingerprint density at radius 2 is 0.386 bits per heavy atom. The Labute approximate surface area is 438 Å². The SMILES string of the molecule is CCCCCCCCCCCCCCCCCCCCCCCCCCC(=O)OCC(COC(=O)CCCCCCCCCCCC)OC(=O)CCCCCCCCCCCCCCCCCCCC. The zero-order valence-corrected chi connectivity index (χ0v) is 47.8. The molecule has 6 heteroatoms. The van der Waals surface area contributed by atoms with E-state index in [4.69, 9.17) is 14.2 Å². The molecule has 416 valence electrons. The van der Waals surface area contributed by atoms with Gasteiger partial charge in [0.15, 0.2) is 6.10 Å². The van der Waals surface area contributed by atoms with Crippen LogP contribution in [0.5, 0.6) is 0 Å². The summed E-state index contributed by atoms with van der Waals surface area (Å²) < 4.78 is 16.9. The predicted octanol–water partition coefficient (Wildman–Crippen LogP) is 21.5. The molecule has 0 aliphatic carbocycles. The molecule has 0 aromatic heterocycles. The van der Waals surface area contributed by atoms with Crippen molar-refractivity contribution in [3.05, 3.63) is 0 Å². The summed E-state index contributed by atoms with van der Waals surface area (Å²) in [6.45, 7) is 6.71. The predicted molar refractivity (Wildman–Crippen MR) is 303 cm³/mol. The Balaban J connectivity index is 4.14. The summed E-state index contributed by atoms with van der Waals surface area (Å²) in [6.07, 6.45) is 68.4. The normalized spacial score (nSPS) is 11.9. The summed E-state index contributed by atoms with van der Waals surface area (Å²) in [6, 6.07) is 0. The number of rotatable bonds is 60. The Morgan fingerprint density at radius 3 is 0.571 bits per heavy atom. The van der Waals surface area contributed by atoms with Gasteiger partial charge in [0.25, 0.3) is 0 Å². The van der Waals surface area contributed by atoms with E-state index in [9.17, 15) is 14.4 Å². The number of carbonyl (C=O) groups excluding carboxylic acids is 3. The number of unbranched alkanes of at least 4 members (excludes halogenated alkanes) is 49. The summed E-state index contributed by atoms with van der Waals surface area (Å²) in [5, 5.41) is 0. The van der Waals surface area contributed by atoms with Crippen molar-refractivity contribution < 1.29 is 28.6 Å². The maximum absolute atomic E-state index is 12.9. The number of ether oxygens (including phenoxy) is 3. The second-order valence-electron chi connectivity index (χ2n) is 22.1. The first-order valence-electron chi connectivity index (χ1n) is 32.0. The number of esters is 3. The largest absolute Gasteiger partial charge is 0.462 e. The van der Waals surface area contributed by atoms with Crippen LogP contribution in [0, 0.1) is 0 Å². The van der Waals surface area contributed by atoms with Gasteiger partial charge in [0, 0.05) is 19.3 Å². The van der Waals surface area contributed by atoms with E-state index in [2.05, 4.69) is 20.8 Å². The molecule has 0 bridgehead atoms. The second-order valence-corrected chi connectivity index (χ2v) is 22.1. The first-order chi connectivity index (χ1) is 34.5. The summed E-state index contributed by atoms with van der Waals surface area (Å²) in [5.74, 6) is -0.830. The van der Waals surface area contributed by atoms with Crippen LogP contribution in [0.25, 0.3) is 0 Å². The number of carbonyl (C=O) groups is 3. The van der Waals surface area contributed by atoms with Crippen molar-refractivity contribution in [1.29, 1.82) is 0 Å². The van der Waals surface area contributed by atoms with Crippen molar-refractivity contribution in [1.82, 2.24) is 0 Å². The van der Waals surface area contributed by atoms with E-state index in [0.29, 0.717) is 19.3 Å². The van der Waals surface area contributed by atoms with Gasteiger partial charge in [-0.25, -0.2) is 0 Å². The molecule has 0 saturated heterocycles. The Kier molecular flexibility index (Phi) is 58.6. The van der Waals surface area contributed by atoms with Crippen LogP contribution < -0.4 is 0 Å². The molecule has 1 unspecified atom stereocenters. The van der Waals surface area contributed by atoms with E-state index in [1.807, 2.05) is 0 Å². The molecule has 6 nitrogen and oxygen atoms in total. The highest BCUT2D eigenvalue weighted by Crippen LogP contribution is 2.19. The molecule has 0 aliphatic heterocycles. The number of hydrogen-bond acceptors (Lipinski definition) is 6. The fourth-order valence-electron chi connectivity index (χ4n) is 10.0. The fourth-order valence-corrected chi connectivity index (χ4v) is 10.0. The van der Waals surface area contributed by atoms with E-state index in [1.165, 1.54) is 276 Å². The van der Waals surface area contributed by atoms with E-state index in [-0.39, 0.29) is 31.1 Å². The van der Waals surface area contributed by atoms with Crippen molar-refractivity contribution >= 4 is 17.9 Å². The maximum Gasteiger partial charge on any atom is 0.306 e. The van der Waals surface area contributed by atoms with Crippen LogP contribution in [-0.4, -0.2) is 37.2 Å². The van der Waals surface area contributed by atoms with Crippen molar-refractivity contribution in [2.24, 2.45) is 0 Å². The molecule has 0 aromatic rings. The molecule has 0 aromatic carbocycles. The Hall–Kier alpha value is -1.59. The topological polar surface area (TPSA) is 78.9 Å². The van der Waals surface area contributed by atoms with Gasteiger partial charge < -0.3 is 14.2 Å². The van der Waals surface area contributed by atoms with E-state index in [0.717, 1.165) is 57.8 Å². The molecule has 0 spiro atoms. The average molecular weight is 990 g/mol. The van der Waals surface area contributed by atoms with Crippen LogP contribution in [0.2, 0.25) is 0 Å². The van der Waals surface area contributed by atoms with Gasteiger partial charge in [-0.1, -0.05) is 335 Å². The van der Waals surface area contributed by atoms with E-state index in [1.54, 1.807) is 0 Å². The zero-order chi connectivity index (χ0) is 50.7. The standard InChI is InChI=1S/C64H124O6/c1-4-7-10-13-16-19-22-24-26-28-30-31-32-33-34-35-37-38-40-42-45-48-51-54-57-63(66)69-60-61(59-68-62(65)56-53-50-47-44-21-18-15-12-9-6-3)70-64(67)58-55-52-49-46-43-41-39-36-29-27-25-23-20-17-14-11-8-5-2/h61H,4-60H2,1-3H3. The monoisotopic (exact) mass is 989 g/mol. The first-order valence-corrected chi connectivity index (χ1v) is 32.0. The molecule has 0 rings (SSSR count). The lowest BCUT2D eigenvalue weighted by Crippen LogP contribution is -2.30. The van der Waals surface area contributed by atoms with Crippen LogP contribution in [0.4, 0.5) is 0 Å². The average Bonchev–Trinajstić information content (AvgIpc) is 3.36. The van der Waals surface area contributed by atoms with Gasteiger partial charge in [0.05, 0.1) is 0 Å². The highest BCUT2D eigenvalue weighted by molar-refractivity contribution is 5.71. The summed E-state index contributed by atoms with van der Waals surface area (Å²) in [7, 11) is 0. The molecule has 0 fully saturated rings. The third-order valence-corrected chi connectivity index (χ3v) is 14.9. The quantitative estimate of drug-likeness (QED) is 0.0343.